The summed E-state index contributed by atoms with van der Waals surface area (Å²) in [7, 11) is 3.31. The second-order valence-electron chi connectivity index (χ2n) is 5.55. The first-order chi connectivity index (χ1) is 11.3. The van der Waals surface area contributed by atoms with E-state index in [9.17, 15) is 0 Å². The van der Waals surface area contributed by atoms with E-state index >= 15 is 0 Å². The van der Waals surface area contributed by atoms with Gasteiger partial charge in [-0.25, -0.2) is 0 Å². The number of aliphatic imine (C=N–C) groups is 1. The van der Waals surface area contributed by atoms with Gasteiger partial charge in [0, 0.05) is 18.7 Å². The molecule has 0 saturated heterocycles. The number of nitrogens with zero attached hydrogens (tertiary/aromatic N) is 1. The Bertz CT molecular complexity index is 716. The van der Waals surface area contributed by atoms with Crippen LogP contribution in [0.25, 0.3) is 0 Å². The normalized spacial score (nSPS) is 14.3. The van der Waals surface area contributed by atoms with E-state index < -0.39 is 0 Å². The molecule has 0 atom stereocenters. The summed E-state index contributed by atoms with van der Waals surface area (Å²) < 4.78 is 10.6. The van der Waals surface area contributed by atoms with Crippen LogP contribution in [0, 0.1) is 0 Å². The molecule has 0 saturated carbocycles. The molecule has 1 N–H and O–H groups in total. The second-order valence-corrected chi connectivity index (χ2v) is 5.55. The predicted octanol–water partition coefficient (Wildman–Crippen LogP) is 4.12. The number of para-hydroxylation sites is 1. The van der Waals surface area contributed by atoms with E-state index in [0.29, 0.717) is 0 Å². The van der Waals surface area contributed by atoms with Crippen molar-refractivity contribution in [1.82, 2.24) is 0 Å². The number of amidine groups is 1. The number of aryl methyl sites for hydroxylation is 1. The Balaban J connectivity index is 0.00000208. The van der Waals surface area contributed by atoms with Crippen molar-refractivity contribution in [1.29, 1.82) is 0 Å². The van der Waals surface area contributed by atoms with E-state index in [0.717, 1.165) is 43.1 Å². The lowest BCUT2D eigenvalue weighted by atomic mass is 10.0. The lowest BCUT2D eigenvalue weighted by Gasteiger charge is -2.19. The number of fused-ring (bicyclic) bond motifs is 1. The zero-order chi connectivity index (χ0) is 16.1. The van der Waals surface area contributed by atoms with Crippen LogP contribution in [0.5, 0.6) is 11.5 Å². The smallest absolute Gasteiger partial charge is 0.160 e. The minimum absolute atomic E-state index is 0. The summed E-state index contributed by atoms with van der Waals surface area (Å²) in [4.78, 5) is 4.71. The minimum atomic E-state index is 0. The third-order valence-electron chi connectivity index (χ3n) is 4.08. The van der Waals surface area contributed by atoms with Crippen LogP contribution in [0.1, 0.15) is 17.5 Å². The van der Waals surface area contributed by atoms with Gasteiger partial charge in [0.25, 0.3) is 0 Å². The molecule has 128 valence electrons. The highest BCUT2D eigenvalue weighted by molar-refractivity contribution is 5.98. The Kier molecular flexibility index (Phi) is 6.50. The Labute approximate surface area is 149 Å². The molecule has 5 heteroatoms. The summed E-state index contributed by atoms with van der Waals surface area (Å²) in [6.45, 7) is 0.764. The quantitative estimate of drug-likeness (QED) is 0.885. The maximum absolute atomic E-state index is 5.34. The SMILES string of the molecule is COc1ccc(CCN=C2CCc3ccccc3N2)cc1OC.Cl. The van der Waals surface area contributed by atoms with Crippen LogP contribution in [-0.2, 0) is 12.8 Å². The molecule has 0 bridgehead atoms. The topological polar surface area (TPSA) is 42.8 Å². The first-order valence-corrected chi connectivity index (χ1v) is 7.89. The standard InChI is InChI=1S/C19H22N2O2.ClH/c1-22-17-9-7-14(13-18(17)23-2)11-12-20-19-10-8-15-5-3-4-6-16(15)21-19;/h3-7,9,13H,8,10-12H2,1-2H3,(H,20,21);1H. The molecule has 0 spiro atoms. The van der Waals surface area contributed by atoms with Crippen molar-refractivity contribution >= 4 is 23.9 Å². The van der Waals surface area contributed by atoms with Crippen LogP contribution >= 0.6 is 12.4 Å². The molecule has 24 heavy (non-hydrogen) atoms. The average molecular weight is 347 g/mol. The number of methoxy groups -OCH3 is 2. The summed E-state index contributed by atoms with van der Waals surface area (Å²) in [5, 5.41) is 3.43. The number of halogens is 1. The maximum Gasteiger partial charge on any atom is 0.160 e. The summed E-state index contributed by atoms with van der Waals surface area (Å²) in [6.07, 6.45) is 2.91. The highest BCUT2D eigenvalue weighted by Crippen LogP contribution is 2.27. The number of rotatable bonds is 5. The first kappa shape index (κ1) is 18.1. The predicted molar refractivity (Wildman–Crippen MR) is 101 cm³/mol. The van der Waals surface area contributed by atoms with Crippen LogP contribution in [0.2, 0.25) is 0 Å². The molecule has 0 aromatic heterocycles. The molecule has 2 aromatic carbocycles. The number of benzene rings is 2. The fraction of sp³-hybridized carbons (Fsp3) is 0.316. The zero-order valence-electron chi connectivity index (χ0n) is 14.0. The van der Waals surface area contributed by atoms with Crippen LogP contribution in [0.4, 0.5) is 5.69 Å². The lowest BCUT2D eigenvalue weighted by molar-refractivity contribution is 0.354. The van der Waals surface area contributed by atoms with E-state index in [4.69, 9.17) is 14.5 Å². The molecule has 0 amide bonds. The Hall–Kier alpha value is -2.20. The average Bonchev–Trinajstić information content (AvgIpc) is 2.61. The Morgan fingerprint density at radius 2 is 1.79 bits per heavy atom. The van der Waals surface area contributed by atoms with Gasteiger partial charge in [0.05, 0.1) is 14.2 Å². The lowest BCUT2D eigenvalue weighted by Crippen LogP contribution is -2.20. The van der Waals surface area contributed by atoms with E-state index in [-0.39, 0.29) is 12.4 Å². The molecule has 1 heterocycles. The Morgan fingerprint density at radius 1 is 1.00 bits per heavy atom. The van der Waals surface area contributed by atoms with Crippen LogP contribution in [0.3, 0.4) is 0 Å². The van der Waals surface area contributed by atoms with Gasteiger partial charge in [-0.3, -0.25) is 4.99 Å². The summed E-state index contributed by atoms with van der Waals surface area (Å²) in [6, 6.07) is 14.4. The molecule has 1 aliphatic rings. The van der Waals surface area contributed by atoms with Gasteiger partial charge in [-0.1, -0.05) is 24.3 Å². The largest absolute Gasteiger partial charge is 0.493 e. The van der Waals surface area contributed by atoms with Gasteiger partial charge in [-0.2, -0.15) is 0 Å². The molecular weight excluding hydrogens is 324 g/mol. The van der Waals surface area contributed by atoms with E-state index in [1.165, 1.54) is 16.8 Å². The number of hydrogen-bond acceptors (Lipinski definition) is 3. The van der Waals surface area contributed by atoms with Crippen molar-refractivity contribution in [2.45, 2.75) is 19.3 Å². The van der Waals surface area contributed by atoms with Gasteiger partial charge < -0.3 is 14.8 Å². The minimum Gasteiger partial charge on any atom is -0.493 e. The Morgan fingerprint density at radius 3 is 2.58 bits per heavy atom. The second kappa shape index (κ2) is 8.60. The molecule has 0 unspecified atom stereocenters. The molecule has 0 fully saturated rings. The van der Waals surface area contributed by atoms with Crippen LogP contribution in [0.15, 0.2) is 47.5 Å². The van der Waals surface area contributed by atoms with Crippen molar-refractivity contribution in [2.75, 3.05) is 26.1 Å². The molecular formula is C19H23ClN2O2. The highest BCUT2D eigenvalue weighted by atomic mass is 35.5. The molecule has 2 aromatic rings. The zero-order valence-corrected chi connectivity index (χ0v) is 14.9. The summed E-state index contributed by atoms with van der Waals surface area (Å²) in [5.41, 5.74) is 3.75. The van der Waals surface area contributed by atoms with E-state index in [1.54, 1.807) is 14.2 Å². The number of ether oxygens (including phenoxy) is 2. The number of nitrogens with one attached hydrogen (secondary N) is 1. The van der Waals surface area contributed by atoms with E-state index in [1.807, 2.05) is 12.1 Å². The van der Waals surface area contributed by atoms with Crippen molar-refractivity contribution in [3.8, 4) is 11.5 Å². The van der Waals surface area contributed by atoms with Crippen molar-refractivity contribution < 1.29 is 9.47 Å². The van der Waals surface area contributed by atoms with Crippen LogP contribution < -0.4 is 14.8 Å². The molecule has 0 aliphatic carbocycles. The third kappa shape index (κ3) is 4.20. The van der Waals surface area contributed by atoms with Crippen molar-refractivity contribution in [3.63, 3.8) is 0 Å². The summed E-state index contributed by atoms with van der Waals surface area (Å²) >= 11 is 0. The van der Waals surface area contributed by atoms with Gasteiger partial charge >= 0.3 is 0 Å². The van der Waals surface area contributed by atoms with Gasteiger partial charge in [-0.05, 0) is 42.2 Å². The fourth-order valence-electron chi connectivity index (χ4n) is 2.81. The molecule has 3 rings (SSSR count). The van der Waals surface area contributed by atoms with Crippen LogP contribution in [-0.4, -0.2) is 26.6 Å². The van der Waals surface area contributed by atoms with Crippen molar-refractivity contribution in [2.24, 2.45) is 4.99 Å². The van der Waals surface area contributed by atoms with Crippen molar-refractivity contribution in [3.05, 3.63) is 53.6 Å². The van der Waals surface area contributed by atoms with Gasteiger partial charge in [0.15, 0.2) is 11.5 Å². The van der Waals surface area contributed by atoms with Gasteiger partial charge in [0.2, 0.25) is 0 Å². The highest BCUT2D eigenvalue weighted by Gasteiger charge is 2.12. The van der Waals surface area contributed by atoms with E-state index in [2.05, 4.69) is 35.6 Å². The maximum atomic E-state index is 5.34. The molecule has 0 radical (unpaired) electrons. The van der Waals surface area contributed by atoms with Gasteiger partial charge in [-0.15, -0.1) is 12.4 Å². The first-order valence-electron chi connectivity index (χ1n) is 7.89. The monoisotopic (exact) mass is 346 g/mol. The third-order valence-corrected chi connectivity index (χ3v) is 4.08. The fourth-order valence-corrected chi connectivity index (χ4v) is 2.81. The number of hydrogen-bond donors (Lipinski definition) is 1. The summed E-state index contributed by atoms with van der Waals surface area (Å²) in [5.74, 6) is 2.60. The molecule has 1 aliphatic heterocycles. The van der Waals surface area contributed by atoms with Gasteiger partial charge in [0.1, 0.15) is 5.84 Å². The number of anilines is 1. The molecule has 4 nitrogen and oxygen atoms in total.